The van der Waals surface area contributed by atoms with E-state index in [0.717, 1.165) is 16.6 Å². The van der Waals surface area contributed by atoms with Crippen molar-refractivity contribution in [3.05, 3.63) is 78.6 Å². The van der Waals surface area contributed by atoms with Crippen LogP contribution in [0.1, 0.15) is 11.3 Å². The van der Waals surface area contributed by atoms with Crippen molar-refractivity contribution < 1.29 is 4.79 Å². The number of carbonyl (C=O) groups excluding carboxylic acids is 1. The first-order valence-electron chi connectivity index (χ1n) is 7.46. The monoisotopic (exact) mass is 305 g/mol. The van der Waals surface area contributed by atoms with Gasteiger partial charge in [-0.3, -0.25) is 15.6 Å². The number of rotatable bonds is 5. The molecule has 0 spiro atoms. The van der Waals surface area contributed by atoms with Gasteiger partial charge in [0.25, 0.3) is 0 Å². The molecule has 23 heavy (non-hydrogen) atoms. The molecule has 1 aromatic heterocycles. The fourth-order valence-electron chi connectivity index (χ4n) is 2.48. The van der Waals surface area contributed by atoms with Crippen LogP contribution in [0.2, 0.25) is 0 Å². The Labute approximate surface area is 135 Å². The molecule has 0 aliphatic heterocycles. The minimum atomic E-state index is -0.103. The second-order valence-electron chi connectivity index (χ2n) is 5.50. The first-order chi connectivity index (χ1) is 11.1. The molecule has 2 N–H and O–H groups in total. The van der Waals surface area contributed by atoms with Crippen LogP contribution in [0.15, 0.2) is 67.4 Å². The van der Waals surface area contributed by atoms with E-state index in [1.54, 1.807) is 0 Å². The summed E-state index contributed by atoms with van der Waals surface area (Å²) in [6.45, 7) is 3.99. The lowest BCUT2D eigenvalue weighted by molar-refractivity contribution is -0.121. The molecule has 0 aliphatic rings. The van der Waals surface area contributed by atoms with Crippen molar-refractivity contribution in [1.29, 1.82) is 0 Å². The van der Waals surface area contributed by atoms with E-state index in [2.05, 4.69) is 29.6 Å². The minimum absolute atomic E-state index is 0.103. The van der Waals surface area contributed by atoms with Gasteiger partial charge < -0.3 is 4.57 Å². The van der Waals surface area contributed by atoms with Crippen molar-refractivity contribution in [2.45, 2.75) is 6.42 Å². The molecule has 0 unspecified atom stereocenters. The van der Waals surface area contributed by atoms with Crippen molar-refractivity contribution in [1.82, 2.24) is 15.4 Å². The number of hydrogen-bond acceptors (Lipinski definition) is 2. The zero-order valence-electron chi connectivity index (χ0n) is 13.0. The maximum atomic E-state index is 12.0. The van der Waals surface area contributed by atoms with E-state index in [4.69, 9.17) is 0 Å². The summed E-state index contributed by atoms with van der Waals surface area (Å²) in [7, 11) is 1.92. The molecule has 0 radical (unpaired) electrons. The molecule has 4 nitrogen and oxygen atoms in total. The van der Waals surface area contributed by atoms with E-state index in [0.29, 0.717) is 12.1 Å². The Morgan fingerprint density at radius 2 is 1.83 bits per heavy atom. The number of aryl methyl sites for hydroxylation is 1. The van der Waals surface area contributed by atoms with E-state index in [-0.39, 0.29) is 5.91 Å². The maximum Gasteiger partial charge on any atom is 0.244 e. The summed E-state index contributed by atoms with van der Waals surface area (Å²) in [5.74, 6) is -0.103. The van der Waals surface area contributed by atoms with Gasteiger partial charge in [-0.05, 0) is 34.5 Å². The van der Waals surface area contributed by atoms with Gasteiger partial charge >= 0.3 is 0 Å². The van der Waals surface area contributed by atoms with Crippen molar-refractivity contribution in [3.8, 4) is 0 Å². The van der Waals surface area contributed by atoms with Crippen LogP contribution in [0.3, 0.4) is 0 Å². The largest absolute Gasteiger partial charge is 0.354 e. The van der Waals surface area contributed by atoms with Gasteiger partial charge in [0.2, 0.25) is 5.91 Å². The lowest BCUT2D eigenvalue weighted by Gasteiger charge is -2.12. The number of nitrogens with one attached hydrogen (secondary N) is 2. The molecular formula is C19H19N3O. The van der Waals surface area contributed by atoms with Crippen LogP contribution in [0.5, 0.6) is 0 Å². The lowest BCUT2D eigenvalue weighted by atomic mass is 10.1. The first kappa shape index (κ1) is 14.9. The van der Waals surface area contributed by atoms with Gasteiger partial charge in [-0.15, -0.1) is 0 Å². The number of nitrogens with zero attached hydrogens (tertiary/aromatic N) is 1. The van der Waals surface area contributed by atoms with Crippen molar-refractivity contribution in [2.75, 3.05) is 0 Å². The summed E-state index contributed by atoms with van der Waals surface area (Å²) in [5.41, 5.74) is 8.15. The zero-order valence-corrected chi connectivity index (χ0v) is 13.0. The van der Waals surface area contributed by atoms with E-state index in [1.165, 1.54) is 5.39 Å². The Hall–Kier alpha value is -3.01. The Kier molecular flexibility index (Phi) is 4.15. The molecule has 3 aromatic rings. The number of hydrogen-bond donors (Lipinski definition) is 2. The molecule has 0 aliphatic carbocycles. The first-order valence-corrected chi connectivity index (χ1v) is 7.46. The summed E-state index contributed by atoms with van der Waals surface area (Å²) in [5, 5.41) is 2.32. The van der Waals surface area contributed by atoms with E-state index >= 15 is 0 Å². The van der Waals surface area contributed by atoms with Crippen LogP contribution >= 0.6 is 0 Å². The summed E-state index contributed by atoms with van der Waals surface area (Å²) in [6.07, 6.45) is 2.24. The topological polar surface area (TPSA) is 46.1 Å². The number of aromatic nitrogens is 1. The molecule has 1 heterocycles. The summed E-state index contributed by atoms with van der Waals surface area (Å²) < 4.78 is 1.93. The smallest absolute Gasteiger partial charge is 0.244 e. The third-order valence-electron chi connectivity index (χ3n) is 3.84. The third-order valence-corrected chi connectivity index (χ3v) is 3.84. The van der Waals surface area contributed by atoms with Crippen LogP contribution in [0, 0.1) is 0 Å². The molecular weight excluding hydrogens is 286 g/mol. The van der Waals surface area contributed by atoms with Gasteiger partial charge in [0.05, 0.1) is 12.1 Å². The molecule has 2 aromatic carbocycles. The molecule has 3 rings (SSSR count). The maximum absolute atomic E-state index is 12.0. The second-order valence-corrected chi connectivity index (χ2v) is 5.50. The Morgan fingerprint density at radius 3 is 2.57 bits per heavy atom. The number of benzene rings is 2. The highest BCUT2D eigenvalue weighted by atomic mass is 16.2. The van der Waals surface area contributed by atoms with Crippen LogP contribution in [-0.2, 0) is 18.3 Å². The van der Waals surface area contributed by atoms with Gasteiger partial charge in [0, 0.05) is 18.9 Å². The van der Waals surface area contributed by atoms with Gasteiger partial charge in [0.1, 0.15) is 0 Å². The molecule has 116 valence electrons. The highest BCUT2D eigenvalue weighted by molar-refractivity contribution is 5.86. The zero-order chi connectivity index (χ0) is 16.2. The molecule has 0 atom stereocenters. The molecule has 1 amide bonds. The number of fused-ring (bicyclic) bond motifs is 1. The van der Waals surface area contributed by atoms with Crippen molar-refractivity contribution >= 4 is 22.4 Å². The SMILES string of the molecule is C=C(NNC(=O)Cc1cccn1C)c1ccc2ccccc2c1. The van der Waals surface area contributed by atoms with Crippen LogP contribution in [0.25, 0.3) is 16.5 Å². The Balaban J connectivity index is 1.62. The van der Waals surface area contributed by atoms with Gasteiger partial charge in [0.15, 0.2) is 0 Å². The normalized spacial score (nSPS) is 10.5. The number of amides is 1. The Morgan fingerprint density at radius 1 is 1.04 bits per heavy atom. The fraction of sp³-hybridized carbons (Fsp3) is 0.105. The standard InChI is InChI=1S/C19H19N3O/c1-14(16-10-9-15-6-3-4-7-17(15)12-16)20-21-19(23)13-18-8-5-11-22(18)2/h3-12,20H,1,13H2,2H3,(H,21,23). The van der Waals surface area contributed by atoms with Gasteiger partial charge in [-0.25, -0.2) is 0 Å². The summed E-state index contributed by atoms with van der Waals surface area (Å²) >= 11 is 0. The predicted molar refractivity (Wildman–Crippen MR) is 93.4 cm³/mol. The van der Waals surface area contributed by atoms with Crippen LogP contribution in [0.4, 0.5) is 0 Å². The average Bonchev–Trinajstić information content (AvgIpc) is 2.97. The number of hydrazine groups is 1. The molecule has 0 saturated heterocycles. The molecule has 0 fully saturated rings. The van der Waals surface area contributed by atoms with Gasteiger partial charge in [-0.1, -0.05) is 43.0 Å². The minimum Gasteiger partial charge on any atom is -0.354 e. The van der Waals surface area contributed by atoms with Crippen molar-refractivity contribution in [2.24, 2.45) is 7.05 Å². The third kappa shape index (κ3) is 3.43. The van der Waals surface area contributed by atoms with Crippen LogP contribution in [-0.4, -0.2) is 10.5 Å². The predicted octanol–water partition coefficient (Wildman–Crippen LogP) is 3.01. The second kappa shape index (κ2) is 6.40. The summed E-state index contributed by atoms with van der Waals surface area (Å²) in [4.78, 5) is 12.0. The van der Waals surface area contributed by atoms with Crippen LogP contribution < -0.4 is 10.9 Å². The fourth-order valence-corrected chi connectivity index (χ4v) is 2.48. The molecule has 0 saturated carbocycles. The highest BCUT2D eigenvalue weighted by Crippen LogP contribution is 2.18. The Bertz CT molecular complexity index is 864. The van der Waals surface area contributed by atoms with E-state index < -0.39 is 0 Å². The molecule has 0 bridgehead atoms. The highest BCUT2D eigenvalue weighted by Gasteiger charge is 2.06. The average molecular weight is 305 g/mol. The van der Waals surface area contributed by atoms with E-state index in [9.17, 15) is 4.79 Å². The quantitative estimate of drug-likeness (QED) is 0.712. The molecule has 4 heteroatoms. The van der Waals surface area contributed by atoms with E-state index in [1.807, 2.05) is 60.3 Å². The number of carbonyl (C=O) groups is 1. The lowest BCUT2D eigenvalue weighted by Crippen LogP contribution is -2.37. The summed E-state index contributed by atoms with van der Waals surface area (Å²) in [6, 6.07) is 18.1. The van der Waals surface area contributed by atoms with Gasteiger partial charge in [-0.2, -0.15) is 0 Å². The van der Waals surface area contributed by atoms with Crippen molar-refractivity contribution in [3.63, 3.8) is 0 Å².